The van der Waals surface area contributed by atoms with E-state index in [9.17, 15) is 9.18 Å². The molecule has 0 spiro atoms. The van der Waals surface area contributed by atoms with E-state index in [0.29, 0.717) is 0 Å². The molecule has 1 N–H and O–H groups in total. The van der Waals surface area contributed by atoms with Crippen LogP contribution in [-0.2, 0) is 16.0 Å². The lowest BCUT2D eigenvalue weighted by Gasteiger charge is -2.26. The van der Waals surface area contributed by atoms with E-state index in [1.54, 1.807) is 6.07 Å². The van der Waals surface area contributed by atoms with Gasteiger partial charge in [0.15, 0.2) is 0 Å². The first-order valence-corrected chi connectivity index (χ1v) is 5.29. The van der Waals surface area contributed by atoms with E-state index < -0.39 is 0 Å². The Kier molecular flexibility index (Phi) is 3.19. The molecule has 1 aliphatic rings. The molecule has 1 atom stereocenters. The van der Waals surface area contributed by atoms with Crippen LogP contribution in [0.1, 0.15) is 23.6 Å². The Morgan fingerprint density at radius 2 is 2.44 bits per heavy atom. The number of fused-ring (bicyclic) bond motifs is 1. The van der Waals surface area contributed by atoms with Crippen LogP contribution in [0.15, 0.2) is 18.2 Å². The van der Waals surface area contributed by atoms with Crippen molar-refractivity contribution in [2.45, 2.75) is 18.9 Å². The molecule has 3 nitrogen and oxygen atoms in total. The van der Waals surface area contributed by atoms with Crippen LogP contribution < -0.4 is 5.32 Å². The minimum absolute atomic E-state index is 0.133. The average Bonchev–Trinajstić information content (AvgIpc) is 2.29. The molecule has 1 heterocycles. The van der Waals surface area contributed by atoms with Gasteiger partial charge in [0, 0.05) is 6.04 Å². The van der Waals surface area contributed by atoms with E-state index in [-0.39, 0.29) is 24.2 Å². The Labute approximate surface area is 93.6 Å². The van der Waals surface area contributed by atoms with Crippen LogP contribution in [0.3, 0.4) is 0 Å². The number of nitrogens with one attached hydrogen (secondary N) is 1. The number of halogens is 1. The van der Waals surface area contributed by atoms with E-state index >= 15 is 0 Å². The molecule has 1 aromatic rings. The van der Waals surface area contributed by atoms with Gasteiger partial charge in [0.1, 0.15) is 5.82 Å². The quantitative estimate of drug-likeness (QED) is 0.773. The van der Waals surface area contributed by atoms with Crippen molar-refractivity contribution in [1.82, 2.24) is 5.32 Å². The normalized spacial score (nSPS) is 19.0. The Hall–Kier alpha value is -1.42. The molecule has 0 aromatic heterocycles. The van der Waals surface area contributed by atoms with Gasteiger partial charge < -0.3 is 10.1 Å². The summed E-state index contributed by atoms with van der Waals surface area (Å²) in [6.07, 6.45) is 1.11. The number of rotatable bonds is 2. The Morgan fingerprint density at radius 3 is 3.19 bits per heavy atom. The number of carbonyl (C=O) groups is 1. The molecule has 1 unspecified atom stereocenters. The third kappa shape index (κ3) is 2.22. The van der Waals surface area contributed by atoms with Crippen LogP contribution in [0.25, 0.3) is 0 Å². The average molecular weight is 223 g/mol. The number of ether oxygens (including phenoxy) is 1. The van der Waals surface area contributed by atoms with Gasteiger partial charge in [0.25, 0.3) is 0 Å². The van der Waals surface area contributed by atoms with Crippen molar-refractivity contribution in [3.8, 4) is 0 Å². The smallest absolute Gasteiger partial charge is 0.307 e. The summed E-state index contributed by atoms with van der Waals surface area (Å²) < 4.78 is 17.8. The summed E-state index contributed by atoms with van der Waals surface area (Å²) in [6, 6.07) is 4.61. The molecule has 1 aromatic carbocycles. The van der Waals surface area contributed by atoms with Crippen LogP contribution in [0.5, 0.6) is 0 Å². The second kappa shape index (κ2) is 4.61. The SMILES string of the molecule is COC(=O)CC1NCCc2ccc(F)cc21. The van der Waals surface area contributed by atoms with Crippen LogP contribution in [0, 0.1) is 5.82 Å². The molecular weight excluding hydrogens is 209 g/mol. The lowest BCUT2D eigenvalue weighted by atomic mass is 9.92. The zero-order valence-electron chi connectivity index (χ0n) is 9.13. The first kappa shape index (κ1) is 11.1. The minimum atomic E-state index is -0.283. The number of hydrogen-bond donors (Lipinski definition) is 1. The van der Waals surface area contributed by atoms with Crippen molar-refractivity contribution < 1.29 is 13.9 Å². The number of hydrogen-bond acceptors (Lipinski definition) is 3. The second-order valence-electron chi connectivity index (χ2n) is 3.88. The lowest BCUT2D eigenvalue weighted by molar-refractivity contribution is -0.141. The minimum Gasteiger partial charge on any atom is -0.469 e. The molecule has 16 heavy (non-hydrogen) atoms. The van der Waals surface area contributed by atoms with Crippen LogP contribution in [0.2, 0.25) is 0 Å². The van der Waals surface area contributed by atoms with Gasteiger partial charge >= 0.3 is 5.97 Å². The summed E-state index contributed by atoms with van der Waals surface area (Å²) in [5, 5.41) is 3.20. The molecule has 4 heteroatoms. The highest BCUT2D eigenvalue weighted by Crippen LogP contribution is 2.26. The number of esters is 1. The maximum Gasteiger partial charge on any atom is 0.307 e. The zero-order valence-corrected chi connectivity index (χ0v) is 9.13. The molecule has 0 radical (unpaired) electrons. The van der Waals surface area contributed by atoms with E-state index in [2.05, 4.69) is 10.1 Å². The van der Waals surface area contributed by atoms with Gasteiger partial charge in [-0.2, -0.15) is 0 Å². The summed E-state index contributed by atoms with van der Waals surface area (Å²) in [7, 11) is 1.36. The lowest BCUT2D eigenvalue weighted by Crippen LogP contribution is -2.31. The molecule has 86 valence electrons. The van der Waals surface area contributed by atoms with Crippen LogP contribution in [-0.4, -0.2) is 19.6 Å². The molecule has 0 aliphatic carbocycles. The molecule has 0 saturated carbocycles. The van der Waals surface area contributed by atoms with Crippen molar-refractivity contribution in [2.24, 2.45) is 0 Å². The van der Waals surface area contributed by atoms with Gasteiger partial charge in [0.2, 0.25) is 0 Å². The standard InChI is InChI=1S/C12H14FNO2/c1-16-12(15)7-11-10-6-9(13)3-2-8(10)4-5-14-11/h2-3,6,11,14H,4-5,7H2,1H3. The highest BCUT2D eigenvalue weighted by molar-refractivity contribution is 5.70. The first-order valence-electron chi connectivity index (χ1n) is 5.29. The van der Waals surface area contributed by atoms with Crippen molar-refractivity contribution in [3.05, 3.63) is 35.1 Å². The summed E-state index contributed by atoms with van der Waals surface area (Å²) in [4.78, 5) is 11.2. The van der Waals surface area contributed by atoms with Crippen molar-refractivity contribution in [1.29, 1.82) is 0 Å². The summed E-state index contributed by atoms with van der Waals surface area (Å²) in [5.41, 5.74) is 1.98. The zero-order chi connectivity index (χ0) is 11.5. The van der Waals surface area contributed by atoms with Crippen LogP contribution in [0.4, 0.5) is 4.39 Å². The molecule has 2 rings (SSSR count). The van der Waals surface area contributed by atoms with Gasteiger partial charge in [-0.3, -0.25) is 4.79 Å². The second-order valence-corrected chi connectivity index (χ2v) is 3.88. The molecule has 0 amide bonds. The first-order chi connectivity index (χ1) is 7.70. The van der Waals surface area contributed by atoms with E-state index in [1.807, 2.05) is 0 Å². The van der Waals surface area contributed by atoms with Gasteiger partial charge in [-0.25, -0.2) is 4.39 Å². The predicted molar refractivity (Wildman–Crippen MR) is 57.5 cm³/mol. The molecular formula is C12H14FNO2. The van der Waals surface area contributed by atoms with Gasteiger partial charge in [-0.1, -0.05) is 6.07 Å². The monoisotopic (exact) mass is 223 g/mol. The van der Waals surface area contributed by atoms with E-state index in [4.69, 9.17) is 0 Å². The molecule has 0 fully saturated rings. The van der Waals surface area contributed by atoms with E-state index in [1.165, 1.54) is 19.2 Å². The largest absolute Gasteiger partial charge is 0.469 e. The fraction of sp³-hybridized carbons (Fsp3) is 0.417. The summed E-state index contributed by atoms with van der Waals surface area (Å²) in [5.74, 6) is -0.549. The fourth-order valence-corrected chi connectivity index (χ4v) is 2.04. The van der Waals surface area contributed by atoms with Gasteiger partial charge in [0.05, 0.1) is 13.5 Å². The van der Waals surface area contributed by atoms with Crippen molar-refractivity contribution >= 4 is 5.97 Å². The Bertz CT molecular complexity index is 406. The molecule has 1 aliphatic heterocycles. The predicted octanol–water partition coefficient (Wildman–Crippen LogP) is 1.58. The number of benzene rings is 1. The fourth-order valence-electron chi connectivity index (χ4n) is 2.04. The maximum absolute atomic E-state index is 13.1. The van der Waals surface area contributed by atoms with Gasteiger partial charge in [-0.15, -0.1) is 0 Å². The third-order valence-corrected chi connectivity index (χ3v) is 2.87. The summed E-state index contributed by atoms with van der Waals surface area (Å²) >= 11 is 0. The summed E-state index contributed by atoms with van der Waals surface area (Å²) in [6.45, 7) is 0.806. The highest BCUT2D eigenvalue weighted by atomic mass is 19.1. The number of methoxy groups -OCH3 is 1. The Balaban J connectivity index is 2.24. The maximum atomic E-state index is 13.1. The van der Waals surface area contributed by atoms with Crippen molar-refractivity contribution in [2.75, 3.05) is 13.7 Å². The van der Waals surface area contributed by atoms with Crippen LogP contribution >= 0.6 is 0 Å². The van der Waals surface area contributed by atoms with Gasteiger partial charge in [-0.05, 0) is 36.2 Å². The third-order valence-electron chi connectivity index (χ3n) is 2.87. The highest BCUT2D eigenvalue weighted by Gasteiger charge is 2.22. The topological polar surface area (TPSA) is 38.3 Å². The van der Waals surface area contributed by atoms with Crippen molar-refractivity contribution in [3.63, 3.8) is 0 Å². The molecule has 0 bridgehead atoms. The number of carbonyl (C=O) groups excluding carboxylic acids is 1. The molecule has 0 saturated heterocycles. The van der Waals surface area contributed by atoms with E-state index in [0.717, 1.165) is 24.1 Å². The Morgan fingerprint density at radius 1 is 1.62 bits per heavy atom.